The molecule has 0 saturated heterocycles. The second kappa shape index (κ2) is 7.38. The molecule has 0 N–H and O–H groups in total. The monoisotopic (exact) mass is 356 g/mol. The molecule has 0 spiro atoms. The van der Waals surface area contributed by atoms with Crippen molar-refractivity contribution in [1.29, 1.82) is 0 Å². The fraction of sp³-hybridized carbons (Fsp3) is 0.0870. The van der Waals surface area contributed by atoms with Gasteiger partial charge in [-0.3, -0.25) is 4.57 Å². The molecule has 1 aromatic heterocycles. The van der Waals surface area contributed by atoms with Crippen LogP contribution in [-0.4, -0.2) is 23.8 Å². The summed E-state index contributed by atoms with van der Waals surface area (Å²) in [7, 11) is 3.28. The van der Waals surface area contributed by atoms with Gasteiger partial charge < -0.3 is 9.47 Å². The summed E-state index contributed by atoms with van der Waals surface area (Å²) in [6.45, 7) is 0. The van der Waals surface area contributed by atoms with Crippen molar-refractivity contribution in [3.63, 3.8) is 0 Å². The molecule has 0 amide bonds. The maximum absolute atomic E-state index is 5.39. The van der Waals surface area contributed by atoms with E-state index in [-0.39, 0.29) is 0 Å². The van der Waals surface area contributed by atoms with Gasteiger partial charge in [-0.25, -0.2) is 4.98 Å². The number of hydrogen-bond acceptors (Lipinski definition) is 3. The number of nitrogens with zero attached hydrogens (tertiary/aromatic N) is 2. The molecule has 1 heterocycles. The molecule has 4 nitrogen and oxygen atoms in total. The van der Waals surface area contributed by atoms with E-state index in [1.807, 2.05) is 54.9 Å². The van der Waals surface area contributed by atoms with Crippen LogP contribution in [0.25, 0.3) is 28.9 Å². The Hall–Kier alpha value is -3.53. The summed E-state index contributed by atoms with van der Waals surface area (Å²) in [6, 6.07) is 22.3. The van der Waals surface area contributed by atoms with Gasteiger partial charge in [0.1, 0.15) is 6.33 Å². The van der Waals surface area contributed by atoms with Gasteiger partial charge in [0.2, 0.25) is 0 Å². The Morgan fingerprint density at radius 2 is 1.59 bits per heavy atom. The van der Waals surface area contributed by atoms with Crippen LogP contribution in [0.4, 0.5) is 0 Å². The molecule has 0 aliphatic rings. The van der Waals surface area contributed by atoms with Crippen molar-refractivity contribution < 1.29 is 9.47 Å². The number of methoxy groups -OCH3 is 2. The lowest BCUT2D eigenvalue weighted by molar-refractivity contribution is 0.355. The molecule has 4 rings (SSSR count). The van der Waals surface area contributed by atoms with Crippen LogP contribution >= 0.6 is 0 Å². The highest BCUT2D eigenvalue weighted by Crippen LogP contribution is 2.29. The van der Waals surface area contributed by atoms with Crippen molar-refractivity contribution in [2.45, 2.75) is 0 Å². The molecule has 0 bridgehead atoms. The van der Waals surface area contributed by atoms with Crippen molar-refractivity contribution in [2.75, 3.05) is 14.2 Å². The van der Waals surface area contributed by atoms with Crippen molar-refractivity contribution in [3.8, 4) is 17.2 Å². The zero-order chi connectivity index (χ0) is 18.6. The second-order valence-corrected chi connectivity index (χ2v) is 6.11. The van der Waals surface area contributed by atoms with Crippen LogP contribution in [0.1, 0.15) is 11.1 Å². The van der Waals surface area contributed by atoms with Gasteiger partial charge in [-0.1, -0.05) is 48.6 Å². The van der Waals surface area contributed by atoms with E-state index in [1.165, 1.54) is 0 Å². The van der Waals surface area contributed by atoms with Crippen LogP contribution in [0, 0.1) is 0 Å². The van der Waals surface area contributed by atoms with Gasteiger partial charge in [0, 0.05) is 0 Å². The maximum Gasteiger partial charge on any atom is 0.161 e. The molecule has 134 valence electrons. The van der Waals surface area contributed by atoms with E-state index in [0.29, 0.717) is 5.75 Å². The lowest BCUT2D eigenvalue weighted by Crippen LogP contribution is -1.94. The quantitative estimate of drug-likeness (QED) is 0.460. The van der Waals surface area contributed by atoms with E-state index in [0.717, 1.165) is 33.6 Å². The Morgan fingerprint density at radius 1 is 0.815 bits per heavy atom. The number of fused-ring (bicyclic) bond motifs is 1. The van der Waals surface area contributed by atoms with Crippen LogP contribution in [0.3, 0.4) is 0 Å². The predicted molar refractivity (Wildman–Crippen MR) is 110 cm³/mol. The molecule has 0 saturated carbocycles. The van der Waals surface area contributed by atoms with Gasteiger partial charge in [-0.05, 0) is 41.5 Å². The van der Waals surface area contributed by atoms with E-state index in [4.69, 9.17) is 9.47 Å². The number of hydrogen-bond donors (Lipinski definition) is 0. The molecular formula is C23H20N2O2. The number of para-hydroxylation sites is 3. The van der Waals surface area contributed by atoms with Crippen LogP contribution in [0.5, 0.6) is 11.5 Å². The minimum atomic E-state index is 0.716. The molecule has 0 aliphatic carbocycles. The maximum atomic E-state index is 5.39. The average Bonchev–Trinajstić information content (AvgIpc) is 3.16. The molecule has 3 aromatic carbocycles. The van der Waals surface area contributed by atoms with Crippen LogP contribution in [0.15, 0.2) is 73.1 Å². The van der Waals surface area contributed by atoms with E-state index in [9.17, 15) is 0 Å². The third-order valence-corrected chi connectivity index (χ3v) is 4.51. The standard InChI is InChI=1S/C23H20N2O2/c1-26-22-14-12-17(15-23(22)27-2)11-13-18-7-3-5-9-20(18)25-16-24-19-8-4-6-10-21(19)25/h3-16H,1-2H3. The van der Waals surface area contributed by atoms with Gasteiger partial charge in [0.05, 0.1) is 30.9 Å². The molecule has 0 fully saturated rings. The normalized spacial score (nSPS) is 11.2. The summed E-state index contributed by atoms with van der Waals surface area (Å²) < 4.78 is 12.8. The largest absolute Gasteiger partial charge is 0.493 e. The van der Waals surface area contributed by atoms with Crippen LogP contribution in [0.2, 0.25) is 0 Å². The van der Waals surface area contributed by atoms with Gasteiger partial charge in [-0.15, -0.1) is 0 Å². The first-order valence-electron chi connectivity index (χ1n) is 8.72. The lowest BCUT2D eigenvalue weighted by atomic mass is 10.1. The summed E-state index contributed by atoms with van der Waals surface area (Å²) in [5.74, 6) is 1.44. The van der Waals surface area contributed by atoms with E-state index in [1.54, 1.807) is 14.2 Å². The van der Waals surface area contributed by atoms with Gasteiger partial charge in [0.15, 0.2) is 11.5 Å². The van der Waals surface area contributed by atoms with Crippen molar-refractivity contribution in [1.82, 2.24) is 9.55 Å². The number of imidazole rings is 1. The molecule has 0 aliphatic heterocycles. The minimum absolute atomic E-state index is 0.716. The first kappa shape index (κ1) is 16.9. The first-order chi connectivity index (χ1) is 13.3. The molecule has 4 heteroatoms. The van der Waals surface area contributed by atoms with E-state index in [2.05, 4.69) is 39.9 Å². The number of aromatic nitrogens is 2. The molecule has 27 heavy (non-hydrogen) atoms. The van der Waals surface area contributed by atoms with Crippen molar-refractivity contribution >= 4 is 23.2 Å². The Morgan fingerprint density at radius 3 is 2.44 bits per heavy atom. The smallest absolute Gasteiger partial charge is 0.161 e. The molecule has 0 unspecified atom stereocenters. The SMILES string of the molecule is COc1ccc(C=Cc2ccccc2-n2cnc3ccccc32)cc1OC. The van der Waals surface area contributed by atoms with Crippen molar-refractivity contribution in [2.24, 2.45) is 0 Å². The highest BCUT2D eigenvalue weighted by atomic mass is 16.5. The zero-order valence-electron chi connectivity index (χ0n) is 15.3. The Balaban J connectivity index is 1.73. The van der Waals surface area contributed by atoms with Gasteiger partial charge in [0.25, 0.3) is 0 Å². The molecule has 0 radical (unpaired) electrons. The highest BCUT2D eigenvalue weighted by molar-refractivity contribution is 5.80. The fourth-order valence-corrected chi connectivity index (χ4v) is 3.14. The van der Waals surface area contributed by atoms with Crippen LogP contribution in [-0.2, 0) is 0 Å². The average molecular weight is 356 g/mol. The van der Waals surface area contributed by atoms with Crippen LogP contribution < -0.4 is 9.47 Å². The Kier molecular flexibility index (Phi) is 4.62. The zero-order valence-corrected chi connectivity index (χ0v) is 15.3. The second-order valence-electron chi connectivity index (χ2n) is 6.11. The number of rotatable bonds is 5. The molecular weight excluding hydrogens is 336 g/mol. The molecule has 0 atom stereocenters. The Bertz CT molecular complexity index is 1110. The minimum Gasteiger partial charge on any atom is -0.493 e. The fourth-order valence-electron chi connectivity index (χ4n) is 3.14. The van der Waals surface area contributed by atoms with E-state index >= 15 is 0 Å². The van der Waals surface area contributed by atoms with E-state index < -0.39 is 0 Å². The predicted octanol–water partition coefficient (Wildman–Crippen LogP) is 5.21. The number of benzene rings is 3. The topological polar surface area (TPSA) is 36.3 Å². The third kappa shape index (κ3) is 3.29. The summed E-state index contributed by atoms with van der Waals surface area (Å²) >= 11 is 0. The Labute approximate surface area is 158 Å². The highest BCUT2D eigenvalue weighted by Gasteiger charge is 2.07. The van der Waals surface area contributed by atoms with Gasteiger partial charge in [-0.2, -0.15) is 0 Å². The summed E-state index contributed by atoms with van der Waals surface area (Å²) in [5.41, 5.74) is 5.30. The first-order valence-corrected chi connectivity index (χ1v) is 8.72. The summed E-state index contributed by atoms with van der Waals surface area (Å²) in [6.07, 6.45) is 6.04. The van der Waals surface area contributed by atoms with Gasteiger partial charge >= 0.3 is 0 Å². The molecule has 4 aromatic rings. The summed E-state index contributed by atoms with van der Waals surface area (Å²) in [5, 5.41) is 0. The summed E-state index contributed by atoms with van der Waals surface area (Å²) in [4.78, 5) is 4.50. The third-order valence-electron chi connectivity index (χ3n) is 4.51. The van der Waals surface area contributed by atoms with Crippen molar-refractivity contribution in [3.05, 3.63) is 84.2 Å². The lowest BCUT2D eigenvalue weighted by Gasteiger charge is -2.09. The number of ether oxygens (including phenoxy) is 2.